The van der Waals surface area contributed by atoms with Crippen LogP contribution in [0.25, 0.3) is 0 Å². The summed E-state index contributed by atoms with van der Waals surface area (Å²) in [4.78, 5) is 4.17. The molecular formula is C11H23N3O. The lowest BCUT2D eigenvalue weighted by Gasteiger charge is -2.16. The summed E-state index contributed by atoms with van der Waals surface area (Å²) in [7, 11) is 3.51. The van der Waals surface area contributed by atoms with E-state index in [1.165, 1.54) is 19.3 Å². The van der Waals surface area contributed by atoms with Gasteiger partial charge in [0, 0.05) is 26.7 Å². The zero-order valence-corrected chi connectivity index (χ0v) is 10.0. The van der Waals surface area contributed by atoms with Crippen molar-refractivity contribution < 1.29 is 4.74 Å². The third-order valence-corrected chi connectivity index (χ3v) is 2.57. The first-order chi connectivity index (χ1) is 7.26. The van der Waals surface area contributed by atoms with Gasteiger partial charge in [-0.3, -0.25) is 4.99 Å². The van der Waals surface area contributed by atoms with Crippen LogP contribution in [0.4, 0.5) is 0 Å². The summed E-state index contributed by atoms with van der Waals surface area (Å²) in [6.07, 6.45) is 4.08. The molecule has 1 atom stereocenters. The van der Waals surface area contributed by atoms with Crippen molar-refractivity contribution >= 4 is 5.96 Å². The van der Waals surface area contributed by atoms with Crippen molar-refractivity contribution in [1.29, 1.82) is 0 Å². The molecule has 0 heterocycles. The number of rotatable bonds is 6. The van der Waals surface area contributed by atoms with E-state index in [-0.39, 0.29) is 0 Å². The Balaban J connectivity index is 2.10. The number of hydrogen-bond donors (Lipinski definition) is 2. The molecule has 2 N–H and O–H groups in total. The van der Waals surface area contributed by atoms with E-state index in [0.29, 0.717) is 12.6 Å². The smallest absolute Gasteiger partial charge is 0.191 e. The number of guanidine groups is 1. The standard InChI is InChI=1S/C11H23N3O/c1-9(8-15-3)14-11(12-2)13-7-6-10-4-5-10/h9-10H,4-8H2,1-3H3,(H2,12,13,14). The van der Waals surface area contributed by atoms with E-state index in [9.17, 15) is 0 Å². The summed E-state index contributed by atoms with van der Waals surface area (Å²) in [5.41, 5.74) is 0. The van der Waals surface area contributed by atoms with E-state index >= 15 is 0 Å². The maximum atomic E-state index is 5.06. The number of hydrogen-bond acceptors (Lipinski definition) is 2. The molecule has 0 radical (unpaired) electrons. The molecule has 1 rings (SSSR count). The Kier molecular flexibility index (Phi) is 5.47. The molecule has 0 saturated heterocycles. The van der Waals surface area contributed by atoms with Crippen LogP contribution in [0.1, 0.15) is 26.2 Å². The SMILES string of the molecule is CN=C(NCCC1CC1)NC(C)COC. The van der Waals surface area contributed by atoms with Gasteiger partial charge in [0.2, 0.25) is 0 Å². The second-order valence-electron chi connectivity index (χ2n) is 4.23. The lowest BCUT2D eigenvalue weighted by molar-refractivity contribution is 0.179. The molecule has 0 spiro atoms. The maximum absolute atomic E-state index is 5.06. The van der Waals surface area contributed by atoms with Crippen molar-refractivity contribution in [3.8, 4) is 0 Å². The minimum Gasteiger partial charge on any atom is -0.383 e. The van der Waals surface area contributed by atoms with Gasteiger partial charge in [-0.05, 0) is 19.3 Å². The molecule has 4 heteroatoms. The van der Waals surface area contributed by atoms with Crippen molar-refractivity contribution in [3.63, 3.8) is 0 Å². The first-order valence-electron chi connectivity index (χ1n) is 5.72. The Bertz CT molecular complexity index is 202. The van der Waals surface area contributed by atoms with E-state index in [1.807, 2.05) is 0 Å². The van der Waals surface area contributed by atoms with E-state index < -0.39 is 0 Å². The monoisotopic (exact) mass is 213 g/mol. The lowest BCUT2D eigenvalue weighted by Crippen LogP contribution is -2.44. The molecule has 0 aromatic carbocycles. The van der Waals surface area contributed by atoms with Crippen molar-refractivity contribution in [1.82, 2.24) is 10.6 Å². The van der Waals surface area contributed by atoms with Crippen molar-refractivity contribution in [3.05, 3.63) is 0 Å². The Hall–Kier alpha value is -0.770. The van der Waals surface area contributed by atoms with Gasteiger partial charge in [0.1, 0.15) is 0 Å². The van der Waals surface area contributed by atoms with Gasteiger partial charge in [0.05, 0.1) is 6.61 Å². The molecule has 0 aromatic rings. The fourth-order valence-corrected chi connectivity index (χ4v) is 1.52. The maximum Gasteiger partial charge on any atom is 0.191 e. The van der Waals surface area contributed by atoms with Gasteiger partial charge in [0.25, 0.3) is 0 Å². The number of methoxy groups -OCH3 is 1. The van der Waals surface area contributed by atoms with Crippen LogP contribution < -0.4 is 10.6 Å². The first-order valence-corrected chi connectivity index (χ1v) is 5.72. The van der Waals surface area contributed by atoms with Crippen LogP contribution in [-0.4, -0.2) is 39.3 Å². The van der Waals surface area contributed by atoms with Crippen LogP contribution in [0, 0.1) is 5.92 Å². The third kappa shape index (κ3) is 5.62. The highest BCUT2D eigenvalue weighted by molar-refractivity contribution is 5.79. The van der Waals surface area contributed by atoms with E-state index in [4.69, 9.17) is 4.74 Å². The van der Waals surface area contributed by atoms with Gasteiger partial charge in [-0.2, -0.15) is 0 Å². The zero-order valence-electron chi connectivity index (χ0n) is 10.0. The summed E-state index contributed by atoms with van der Waals surface area (Å²) >= 11 is 0. The number of aliphatic imine (C=N–C) groups is 1. The highest BCUT2D eigenvalue weighted by Gasteiger charge is 2.20. The first kappa shape index (κ1) is 12.3. The molecule has 1 unspecified atom stereocenters. The minimum absolute atomic E-state index is 0.294. The summed E-state index contributed by atoms with van der Waals surface area (Å²) in [5.74, 6) is 1.84. The Morgan fingerprint density at radius 1 is 1.53 bits per heavy atom. The Morgan fingerprint density at radius 3 is 2.80 bits per heavy atom. The molecule has 1 aliphatic rings. The van der Waals surface area contributed by atoms with E-state index in [0.717, 1.165) is 18.4 Å². The van der Waals surface area contributed by atoms with Gasteiger partial charge in [0.15, 0.2) is 5.96 Å². The number of nitrogens with one attached hydrogen (secondary N) is 2. The molecule has 0 aliphatic heterocycles. The topological polar surface area (TPSA) is 45.7 Å². The van der Waals surface area contributed by atoms with Gasteiger partial charge in [-0.1, -0.05) is 12.8 Å². The van der Waals surface area contributed by atoms with Gasteiger partial charge >= 0.3 is 0 Å². The normalized spacial score (nSPS) is 18.7. The summed E-state index contributed by atoms with van der Waals surface area (Å²) in [5, 5.41) is 6.59. The Morgan fingerprint density at radius 2 is 2.27 bits per heavy atom. The second kappa shape index (κ2) is 6.67. The van der Waals surface area contributed by atoms with E-state index in [2.05, 4.69) is 22.5 Å². The highest BCUT2D eigenvalue weighted by atomic mass is 16.5. The lowest BCUT2D eigenvalue weighted by atomic mass is 10.3. The van der Waals surface area contributed by atoms with Crippen LogP contribution in [0.15, 0.2) is 4.99 Å². The highest BCUT2D eigenvalue weighted by Crippen LogP contribution is 2.31. The second-order valence-corrected chi connectivity index (χ2v) is 4.23. The fraction of sp³-hybridized carbons (Fsp3) is 0.909. The molecule has 1 aliphatic carbocycles. The van der Waals surface area contributed by atoms with Crippen LogP contribution in [0.3, 0.4) is 0 Å². The van der Waals surface area contributed by atoms with Gasteiger partial charge in [-0.15, -0.1) is 0 Å². The average Bonchev–Trinajstić information content (AvgIpc) is 3.00. The van der Waals surface area contributed by atoms with Gasteiger partial charge in [-0.25, -0.2) is 0 Å². The number of ether oxygens (including phenoxy) is 1. The predicted octanol–water partition coefficient (Wildman–Crippen LogP) is 0.986. The van der Waals surface area contributed by atoms with Crippen molar-refractivity contribution in [2.45, 2.75) is 32.2 Å². The predicted molar refractivity (Wildman–Crippen MR) is 63.2 cm³/mol. The summed E-state index contributed by atoms with van der Waals surface area (Å²) in [6, 6.07) is 0.294. The quantitative estimate of drug-likeness (QED) is 0.511. The van der Waals surface area contributed by atoms with Crippen LogP contribution in [0.5, 0.6) is 0 Å². The molecule has 4 nitrogen and oxygen atoms in total. The van der Waals surface area contributed by atoms with Gasteiger partial charge < -0.3 is 15.4 Å². The van der Waals surface area contributed by atoms with E-state index in [1.54, 1.807) is 14.2 Å². The Labute approximate surface area is 92.5 Å². The van der Waals surface area contributed by atoms with Crippen LogP contribution in [0.2, 0.25) is 0 Å². The molecule has 1 saturated carbocycles. The molecule has 88 valence electrons. The molecule has 0 aromatic heterocycles. The third-order valence-electron chi connectivity index (χ3n) is 2.57. The summed E-state index contributed by atoms with van der Waals surface area (Å²) < 4.78 is 5.06. The minimum atomic E-state index is 0.294. The van der Waals surface area contributed by atoms with Crippen molar-refractivity contribution in [2.24, 2.45) is 10.9 Å². The number of nitrogens with zero attached hydrogens (tertiary/aromatic N) is 1. The average molecular weight is 213 g/mol. The zero-order chi connectivity index (χ0) is 11.1. The molecule has 0 amide bonds. The molecular weight excluding hydrogens is 190 g/mol. The molecule has 15 heavy (non-hydrogen) atoms. The largest absolute Gasteiger partial charge is 0.383 e. The molecule has 1 fully saturated rings. The van der Waals surface area contributed by atoms with Crippen LogP contribution >= 0.6 is 0 Å². The van der Waals surface area contributed by atoms with Crippen LogP contribution in [-0.2, 0) is 4.74 Å². The van der Waals surface area contributed by atoms with Crippen molar-refractivity contribution in [2.75, 3.05) is 27.3 Å². The fourth-order valence-electron chi connectivity index (χ4n) is 1.52. The molecule has 0 bridgehead atoms. The summed E-state index contributed by atoms with van der Waals surface area (Å²) in [6.45, 7) is 3.80.